The van der Waals surface area contributed by atoms with E-state index in [9.17, 15) is 9.59 Å². The van der Waals surface area contributed by atoms with Crippen molar-refractivity contribution in [3.05, 3.63) is 69.3 Å². The minimum absolute atomic E-state index is 0.0107. The molecule has 0 bridgehead atoms. The molecule has 0 aromatic heterocycles. The quantitative estimate of drug-likeness (QED) is 0.458. The van der Waals surface area contributed by atoms with E-state index in [4.69, 9.17) is 19.2 Å². The Bertz CT molecular complexity index is 1190. The highest BCUT2D eigenvalue weighted by atomic mass is 79.9. The van der Waals surface area contributed by atoms with Crippen molar-refractivity contribution < 1.29 is 23.8 Å². The zero-order valence-corrected chi connectivity index (χ0v) is 21.3. The van der Waals surface area contributed by atoms with Crippen molar-refractivity contribution in [1.82, 2.24) is 0 Å². The van der Waals surface area contributed by atoms with Crippen LogP contribution in [-0.4, -0.2) is 38.3 Å². The summed E-state index contributed by atoms with van der Waals surface area (Å²) in [5.41, 5.74) is 3.93. The summed E-state index contributed by atoms with van der Waals surface area (Å²) in [6.07, 6.45) is 0.941. The molecule has 0 spiro atoms. The van der Waals surface area contributed by atoms with Crippen molar-refractivity contribution in [3.63, 3.8) is 0 Å². The number of rotatable bonds is 6. The lowest BCUT2D eigenvalue weighted by Gasteiger charge is -2.36. The standard InChI is InChI=1S/C27H28BrNO5/c1-5-34-27(31)24-15(2)29-20-12-18(16-9-10-22(32-3)23(14-16)33-4)13-21(30)26(20)25(24)17-7-6-8-19(28)11-17/h6-11,14,18,24-25H,5,12-13H2,1-4H3/t18-,24?,25-/m0/s1. The summed E-state index contributed by atoms with van der Waals surface area (Å²) < 4.78 is 17.1. The number of carbonyl (C=O) groups is 2. The molecule has 1 aliphatic carbocycles. The van der Waals surface area contributed by atoms with Gasteiger partial charge in [-0.25, -0.2) is 0 Å². The van der Waals surface area contributed by atoms with Gasteiger partial charge in [0.1, 0.15) is 5.92 Å². The van der Waals surface area contributed by atoms with Crippen LogP contribution in [0, 0.1) is 5.92 Å². The number of esters is 1. The van der Waals surface area contributed by atoms with Crippen molar-refractivity contribution in [3.8, 4) is 11.5 Å². The normalized spacial score (nSPS) is 22.1. The Morgan fingerprint density at radius 1 is 1.06 bits per heavy atom. The number of halogens is 1. The van der Waals surface area contributed by atoms with E-state index in [1.54, 1.807) is 21.1 Å². The van der Waals surface area contributed by atoms with E-state index in [-0.39, 0.29) is 24.3 Å². The van der Waals surface area contributed by atoms with Crippen molar-refractivity contribution in [2.45, 2.75) is 38.5 Å². The first-order valence-electron chi connectivity index (χ1n) is 11.3. The number of methoxy groups -OCH3 is 2. The lowest BCUT2D eigenvalue weighted by atomic mass is 9.69. The fourth-order valence-electron chi connectivity index (χ4n) is 5.00. The Kier molecular flexibility index (Phi) is 7.22. The molecule has 0 saturated heterocycles. The van der Waals surface area contributed by atoms with E-state index in [2.05, 4.69) is 15.9 Å². The van der Waals surface area contributed by atoms with Gasteiger partial charge in [0.25, 0.3) is 0 Å². The van der Waals surface area contributed by atoms with Crippen molar-refractivity contribution >= 4 is 33.4 Å². The number of allylic oxidation sites excluding steroid dienone is 2. The van der Waals surface area contributed by atoms with Crippen LogP contribution in [0.3, 0.4) is 0 Å². The minimum Gasteiger partial charge on any atom is -0.493 e. The fourth-order valence-corrected chi connectivity index (χ4v) is 5.42. The number of nitrogens with zero attached hydrogens (tertiary/aromatic N) is 1. The third-order valence-electron chi connectivity index (χ3n) is 6.52. The van der Waals surface area contributed by atoms with Gasteiger partial charge in [-0.05, 0) is 61.6 Å². The predicted molar refractivity (Wildman–Crippen MR) is 134 cm³/mol. The number of carbonyl (C=O) groups excluding carboxylic acids is 2. The summed E-state index contributed by atoms with van der Waals surface area (Å²) in [6, 6.07) is 13.5. The molecule has 1 aliphatic heterocycles. The van der Waals surface area contributed by atoms with Crippen LogP contribution >= 0.6 is 15.9 Å². The smallest absolute Gasteiger partial charge is 0.315 e. The van der Waals surface area contributed by atoms with Crippen LogP contribution in [0.4, 0.5) is 0 Å². The first-order valence-corrected chi connectivity index (χ1v) is 12.1. The van der Waals surface area contributed by atoms with E-state index in [1.165, 1.54) is 0 Å². The van der Waals surface area contributed by atoms with Gasteiger partial charge in [-0.2, -0.15) is 0 Å². The van der Waals surface area contributed by atoms with Gasteiger partial charge in [-0.15, -0.1) is 0 Å². The summed E-state index contributed by atoms with van der Waals surface area (Å²) in [5, 5.41) is 0. The summed E-state index contributed by atoms with van der Waals surface area (Å²) in [7, 11) is 3.20. The number of ketones is 1. The first-order chi connectivity index (χ1) is 16.4. The number of hydrogen-bond donors (Lipinski definition) is 0. The second kappa shape index (κ2) is 10.1. The average Bonchev–Trinajstić information content (AvgIpc) is 2.82. The molecule has 0 N–H and O–H groups in total. The summed E-state index contributed by atoms with van der Waals surface area (Å²) in [5.74, 6) is -0.161. The number of Topliss-reactive ketones (excluding diaryl/α,β-unsaturated/α-hetero) is 1. The molecular formula is C27H28BrNO5. The van der Waals surface area contributed by atoms with Gasteiger partial charge in [-0.3, -0.25) is 14.6 Å². The molecule has 0 fully saturated rings. The van der Waals surface area contributed by atoms with E-state index >= 15 is 0 Å². The van der Waals surface area contributed by atoms with Crippen LogP contribution in [0.5, 0.6) is 11.5 Å². The maximum absolute atomic E-state index is 13.6. The third-order valence-corrected chi connectivity index (χ3v) is 7.01. The van der Waals surface area contributed by atoms with Gasteiger partial charge in [0, 0.05) is 33.8 Å². The second-order valence-electron chi connectivity index (χ2n) is 8.52. The molecule has 2 aliphatic rings. The molecule has 1 unspecified atom stereocenters. The molecule has 4 rings (SSSR count). The highest BCUT2D eigenvalue weighted by Crippen LogP contribution is 2.47. The zero-order chi connectivity index (χ0) is 24.4. The molecule has 3 atom stereocenters. The minimum atomic E-state index is -0.630. The number of ether oxygens (including phenoxy) is 3. The van der Waals surface area contributed by atoms with Crippen molar-refractivity contribution in [2.75, 3.05) is 20.8 Å². The number of aliphatic imine (C=N–C) groups is 1. The largest absolute Gasteiger partial charge is 0.493 e. The summed E-state index contributed by atoms with van der Waals surface area (Å²) in [4.78, 5) is 31.4. The Labute approximate surface area is 208 Å². The van der Waals surface area contributed by atoms with Gasteiger partial charge >= 0.3 is 5.97 Å². The van der Waals surface area contributed by atoms with Gasteiger partial charge < -0.3 is 14.2 Å². The van der Waals surface area contributed by atoms with Crippen LogP contribution in [0.2, 0.25) is 0 Å². The summed E-state index contributed by atoms with van der Waals surface area (Å²) in [6.45, 7) is 3.90. The fraction of sp³-hybridized carbons (Fsp3) is 0.370. The van der Waals surface area contributed by atoms with E-state index in [1.807, 2.05) is 49.4 Å². The van der Waals surface area contributed by atoms with E-state index in [0.717, 1.165) is 21.3 Å². The lowest BCUT2D eigenvalue weighted by Crippen LogP contribution is -2.38. The van der Waals surface area contributed by atoms with Gasteiger partial charge in [0.2, 0.25) is 0 Å². The highest BCUT2D eigenvalue weighted by molar-refractivity contribution is 9.10. The van der Waals surface area contributed by atoms with Crippen LogP contribution in [-0.2, 0) is 14.3 Å². The van der Waals surface area contributed by atoms with Crippen LogP contribution in [0.15, 0.2) is 63.2 Å². The maximum Gasteiger partial charge on any atom is 0.315 e. The van der Waals surface area contributed by atoms with Gasteiger partial charge in [0.15, 0.2) is 17.3 Å². The molecular weight excluding hydrogens is 498 g/mol. The van der Waals surface area contributed by atoms with Crippen LogP contribution < -0.4 is 9.47 Å². The molecule has 1 heterocycles. The van der Waals surface area contributed by atoms with Crippen LogP contribution in [0.25, 0.3) is 0 Å². The molecule has 6 nitrogen and oxygen atoms in total. The Balaban J connectivity index is 1.78. The van der Waals surface area contributed by atoms with Crippen molar-refractivity contribution in [2.24, 2.45) is 10.9 Å². The Hall–Kier alpha value is -2.93. The van der Waals surface area contributed by atoms with E-state index < -0.39 is 11.8 Å². The SMILES string of the molecule is CCOC(=O)C1C(C)=NC2=C(C(=O)C[C@@H](c3ccc(OC)c(OC)c3)C2)[C@H]1c1cccc(Br)c1. The van der Waals surface area contributed by atoms with Crippen molar-refractivity contribution in [1.29, 1.82) is 0 Å². The van der Waals surface area contributed by atoms with Crippen LogP contribution in [0.1, 0.15) is 49.7 Å². The Morgan fingerprint density at radius 2 is 1.82 bits per heavy atom. The average molecular weight is 526 g/mol. The zero-order valence-electron chi connectivity index (χ0n) is 19.8. The molecule has 34 heavy (non-hydrogen) atoms. The third kappa shape index (κ3) is 4.53. The first kappa shape index (κ1) is 24.2. The molecule has 2 aromatic rings. The molecule has 0 saturated carbocycles. The highest BCUT2D eigenvalue weighted by Gasteiger charge is 2.44. The topological polar surface area (TPSA) is 74.2 Å². The van der Waals surface area contributed by atoms with E-state index in [0.29, 0.717) is 35.6 Å². The number of hydrogen-bond acceptors (Lipinski definition) is 6. The molecule has 2 aromatic carbocycles. The Morgan fingerprint density at radius 3 is 2.50 bits per heavy atom. The lowest BCUT2D eigenvalue weighted by molar-refractivity contribution is -0.146. The molecule has 0 radical (unpaired) electrons. The van der Waals surface area contributed by atoms with Gasteiger partial charge in [-0.1, -0.05) is 34.1 Å². The monoisotopic (exact) mass is 525 g/mol. The molecule has 7 heteroatoms. The summed E-state index contributed by atoms with van der Waals surface area (Å²) >= 11 is 3.53. The predicted octanol–water partition coefficient (Wildman–Crippen LogP) is 5.60. The number of benzene rings is 2. The maximum atomic E-state index is 13.6. The molecule has 0 amide bonds. The second-order valence-corrected chi connectivity index (χ2v) is 9.43. The molecule has 178 valence electrons. The van der Waals surface area contributed by atoms with Gasteiger partial charge in [0.05, 0.1) is 20.8 Å².